The summed E-state index contributed by atoms with van der Waals surface area (Å²) in [7, 11) is 0. The van der Waals surface area contributed by atoms with Crippen LogP contribution in [0.2, 0.25) is 0 Å². The molecule has 0 saturated carbocycles. The molecule has 1 fully saturated rings. The van der Waals surface area contributed by atoms with E-state index in [1.807, 2.05) is 18.2 Å². The van der Waals surface area contributed by atoms with Gasteiger partial charge in [-0.15, -0.1) is 0 Å². The zero-order chi connectivity index (χ0) is 14.5. The minimum absolute atomic E-state index is 0.735. The first-order chi connectivity index (χ1) is 10.3. The number of nitrogens with zero attached hydrogens (tertiary/aromatic N) is 3. The standard InChI is InChI=1S/C15H17BrN4O/c16-13-3-1-2-12(8-13)10-17-14-9-15(19-11-18-14)20-4-6-21-7-5-20/h1-3,8-9,11H,4-7,10H2,(H,17,18,19). The number of ether oxygens (including phenoxy) is 1. The van der Waals surface area contributed by atoms with Crippen LogP contribution in [0, 0.1) is 0 Å². The molecule has 21 heavy (non-hydrogen) atoms. The lowest BCUT2D eigenvalue weighted by atomic mass is 10.2. The molecule has 2 heterocycles. The van der Waals surface area contributed by atoms with Gasteiger partial charge in [0.25, 0.3) is 0 Å². The van der Waals surface area contributed by atoms with Crippen LogP contribution in [0.1, 0.15) is 5.56 Å². The molecule has 0 radical (unpaired) electrons. The lowest BCUT2D eigenvalue weighted by molar-refractivity contribution is 0.122. The van der Waals surface area contributed by atoms with Crippen molar-refractivity contribution < 1.29 is 4.74 Å². The van der Waals surface area contributed by atoms with E-state index in [1.54, 1.807) is 6.33 Å². The molecule has 1 aliphatic heterocycles. The Morgan fingerprint density at radius 3 is 2.86 bits per heavy atom. The third-order valence-electron chi connectivity index (χ3n) is 3.35. The van der Waals surface area contributed by atoms with Crippen molar-refractivity contribution in [1.29, 1.82) is 0 Å². The van der Waals surface area contributed by atoms with E-state index < -0.39 is 0 Å². The number of hydrogen-bond donors (Lipinski definition) is 1. The van der Waals surface area contributed by atoms with Crippen molar-refractivity contribution >= 4 is 27.6 Å². The first-order valence-corrected chi connectivity index (χ1v) is 7.73. The van der Waals surface area contributed by atoms with E-state index in [4.69, 9.17) is 4.74 Å². The van der Waals surface area contributed by atoms with Crippen LogP contribution >= 0.6 is 15.9 Å². The van der Waals surface area contributed by atoms with Gasteiger partial charge in [-0.2, -0.15) is 0 Å². The van der Waals surface area contributed by atoms with Crippen molar-refractivity contribution in [2.75, 3.05) is 36.5 Å². The molecule has 1 aromatic carbocycles. The zero-order valence-corrected chi connectivity index (χ0v) is 13.2. The highest BCUT2D eigenvalue weighted by atomic mass is 79.9. The Morgan fingerprint density at radius 2 is 2.05 bits per heavy atom. The highest BCUT2D eigenvalue weighted by Crippen LogP contribution is 2.17. The summed E-state index contributed by atoms with van der Waals surface area (Å²) in [6.07, 6.45) is 1.61. The average Bonchev–Trinajstić information content (AvgIpc) is 2.54. The summed E-state index contributed by atoms with van der Waals surface area (Å²) >= 11 is 3.48. The molecule has 0 amide bonds. The normalized spacial score (nSPS) is 15.0. The molecule has 1 aromatic heterocycles. The second-order valence-electron chi connectivity index (χ2n) is 4.84. The van der Waals surface area contributed by atoms with Crippen LogP contribution in [0.25, 0.3) is 0 Å². The summed E-state index contributed by atoms with van der Waals surface area (Å²) in [5, 5.41) is 3.34. The van der Waals surface area contributed by atoms with Crippen molar-refractivity contribution in [2.24, 2.45) is 0 Å². The predicted molar refractivity (Wildman–Crippen MR) is 86.5 cm³/mol. The molecule has 1 saturated heterocycles. The number of halogens is 1. The summed E-state index contributed by atoms with van der Waals surface area (Å²) in [5.41, 5.74) is 1.20. The fourth-order valence-corrected chi connectivity index (χ4v) is 2.70. The number of aromatic nitrogens is 2. The molecule has 0 aliphatic carbocycles. The van der Waals surface area contributed by atoms with Crippen LogP contribution in [-0.2, 0) is 11.3 Å². The number of rotatable bonds is 4. The van der Waals surface area contributed by atoms with E-state index in [-0.39, 0.29) is 0 Å². The van der Waals surface area contributed by atoms with E-state index in [0.717, 1.165) is 49.0 Å². The molecule has 0 bridgehead atoms. The largest absolute Gasteiger partial charge is 0.378 e. The number of morpholine rings is 1. The van der Waals surface area contributed by atoms with Crippen LogP contribution in [0.3, 0.4) is 0 Å². The summed E-state index contributed by atoms with van der Waals surface area (Å²) in [6, 6.07) is 10.2. The number of anilines is 2. The van der Waals surface area contributed by atoms with E-state index in [9.17, 15) is 0 Å². The molecule has 110 valence electrons. The quantitative estimate of drug-likeness (QED) is 0.920. The van der Waals surface area contributed by atoms with E-state index in [1.165, 1.54) is 5.56 Å². The van der Waals surface area contributed by atoms with E-state index >= 15 is 0 Å². The van der Waals surface area contributed by atoms with Gasteiger partial charge in [-0.1, -0.05) is 28.1 Å². The Bertz CT molecular complexity index is 602. The molecule has 1 aliphatic rings. The van der Waals surface area contributed by atoms with Gasteiger partial charge in [0.1, 0.15) is 18.0 Å². The van der Waals surface area contributed by atoms with Crippen molar-refractivity contribution in [3.8, 4) is 0 Å². The molecule has 0 unspecified atom stereocenters. The van der Waals surface area contributed by atoms with Gasteiger partial charge >= 0.3 is 0 Å². The third kappa shape index (κ3) is 3.92. The van der Waals surface area contributed by atoms with Crippen molar-refractivity contribution in [2.45, 2.75) is 6.54 Å². The molecule has 1 N–H and O–H groups in total. The fourth-order valence-electron chi connectivity index (χ4n) is 2.25. The lowest BCUT2D eigenvalue weighted by Crippen LogP contribution is -2.36. The second kappa shape index (κ2) is 6.87. The van der Waals surface area contributed by atoms with Crippen LogP contribution in [0.4, 0.5) is 11.6 Å². The third-order valence-corrected chi connectivity index (χ3v) is 3.84. The maximum atomic E-state index is 5.36. The predicted octanol–water partition coefficient (Wildman–Crippen LogP) is 2.69. The smallest absolute Gasteiger partial charge is 0.134 e. The molecular formula is C15H17BrN4O. The number of benzene rings is 1. The fraction of sp³-hybridized carbons (Fsp3) is 0.333. The van der Waals surface area contributed by atoms with Gasteiger partial charge in [0.15, 0.2) is 0 Å². The van der Waals surface area contributed by atoms with Crippen molar-refractivity contribution in [3.05, 3.63) is 46.7 Å². The number of hydrogen-bond acceptors (Lipinski definition) is 5. The van der Waals surface area contributed by atoms with Gasteiger partial charge in [-0.05, 0) is 17.7 Å². The Labute approximate surface area is 132 Å². The summed E-state index contributed by atoms with van der Waals surface area (Å²) in [5.74, 6) is 1.79. The molecular weight excluding hydrogens is 332 g/mol. The molecule has 6 heteroatoms. The summed E-state index contributed by atoms with van der Waals surface area (Å²) < 4.78 is 6.44. The summed E-state index contributed by atoms with van der Waals surface area (Å²) in [6.45, 7) is 4.00. The Morgan fingerprint density at radius 1 is 1.19 bits per heavy atom. The number of nitrogens with one attached hydrogen (secondary N) is 1. The molecule has 3 rings (SSSR count). The highest BCUT2D eigenvalue weighted by Gasteiger charge is 2.12. The van der Waals surface area contributed by atoms with Gasteiger partial charge in [0.05, 0.1) is 13.2 Å². The first kappa shape index (κ1) is 14.3. The topological polar surface area (TPSA) is 50.3 Å². The Kier molecular flexibility index (Phi) is 4.67. The average molecular weight is 349 g/mol. The SMILES string of the molecule is Brc1cccc(CNc2cc(N3CCOCC3)ncn2)c1. The Balaban J connectivity index is 1.65. The molecule has 0 atom stereocenters. The van der Waals surface area contributed by atoms with Gasteiger partial charge in [-0.25, -0.2) is 9.97 Å². The second-order valence-corrected chi connectivity index (χ2v) is 5.76. The minimum atomic E-state index is 0.735. The molecule has 5 nitrogen and oxygen atoms in total. The zero-order valence-electron chi connectivity index (χ0n) is 11.6. The van der Waals surface area contributed by atoms with Crippen LogP contribution < -0.4 is 10.2 Å². The maximum absolute atomic E-state index is 5.36. The van der Waals surface area contributed by atoms with Crippen molar-refractivity contribution in [3.63, 3.8) is 0 Å². The van der Waals surface area contributed by atoms with E-state index in [0.29, 0.717) is 0 Å². The summed E-state index contributed by atoms with van der Waals surface area (Å²) in [4.78, 5) is 10.8. The van der Waals surface area contributed by atoms with E-state index in [2.05, 4.69) is 48.2 Å². The van der Waals surface area contributed by atoms with Gasteiger partial charge < -0.3 is 15.0 Å². The lowest BCUT2D eigenvalue weighted by Gasteiger charge is -2.27. The van der Waals surface area contributed by atoms with Crippen LogP contribution in [0.15, 0.2) is 41.1 Å². The monoisotopic (exact) mass is 348 g/mol. The first-order valence-electron chi connectivity index (χ1n) is 6.94. The van der Waals surface area contributed by atoms with Crippen molar-refractivity contribution in [1.82, 2.24) is 9.97 Å². The van der Waals surface area contributed by atoms with Gasteiger partial charge in [0.2, 0.25) is 0 Å². The maximum Gasteiger partial charge on any atom is 0.134 e. The van der Waals surface area contributed by atoms with Gasteiger partial charge in [-0.3, -0.25) is 0 Å². The van der Waals surface area contributed by atoms with Crippen LogP contribution in [0.5, 0.6) is 0 Å². The highest BCUT2D eigenvalue weighted by molar-refractivity contribution is 9.10. The van der Waals surface area contributed by atoms with Crippen LogP contribution in [-0.4, -0.2) is 36.3 Å². The Hall–Kier alpha value is -1.66. The molecule has 2 aromatic rings. The minimum Gasteiger partial charge on any atom is -0.378 e. The van der Waals surface area contributed by atoms with Gasteiger partial charge in [0, 0.05) is 30.2 Å². The molecule has 0 spiro atoms.